The third-order valence-electron chi connectivity index (χ3n) is 3.62. The Kier molecular flexibility index (Phi) is 3.18. The second kappa shape index (κ2) is 5.00. The Hall–Kier alpha value is -2.29. The molecule has 1 heterocycles. The van der Waals surface area contributed by atoms with Crippen molar-refractivity contribution in [2.45, 2.75) is 19.8 Å². The topological polar surface area (TPSA) is 46.5 Å². The predicted octanol–water partition coefficient (Wildman–Crippen LogP) is 3.69. The van der Waals surface area contributed by atoms with Crippen molar-refractivity contribution in [2.75, 3.05) is 6.61 Å². The molecular formula is C17H16O3. The molecule has 0 saturated heterocycles. The SMILES string of the molecule is Cc1ccc(-c2ccc3c(c2)CCCO3)c(C(=O)O)c1. The van der Waals surface area contributed by atoms with E-state index in [4.69, 9.17) is 4.74 Å². The zero-order valence-corrected chi connectivity index (χ0v) is 11.3. The van der Waals surface area contributed by atoms with Crippen molar-refractivity contribution < 1.29 is 14.6 Å². The molecule has 20 heavy (non-hydrogen) atoms. The number of aryl methyl sites for hydroxylation is 2. The first-order valence-corrected chi connectivity index (χ1v) is 6.75. The van der Waals surface area contributed by atoms with Crippen LogP contribution in [0.5, 0.6) is 5.75 Å². The average Bonchev–Trinajstić information content (AvgIpc) is 2.46. The summed E-state index contributed by atoms with van der Waals surface area (Å²) in [5, 5.41) is 9.37. The van der Waals surface area contributed by atoms with Crippen molar-refractivity contribution in [1.82, 2.24) is 0 Å². The Morgan fingerprint density at radius 2 is 2.05 bits per heavy atom. The number of rotatable bonds is 2. The molecule has 0 fully saturated rings. The van der Waals surface area contributed by atoms with Crippen molar-refractivity contribution in [3.8, 4) is 16.9 Å². The molecule has 102 valence electrons. The maximum absolute atomic E-state index is 11.4. The third-order valence-corrected chi connectivity index (χ3v) is 3.62. The lowest BCUT2D eigenvalue weighted by atomic mass is 9.94. The Labute approximate surface area is 117 Å². The largest absolute Gasteiger partial charge is 0.493 e. The highest BCUT2D eigenvalue weighted by atomic mass is 16.5. The Morgan fingerprint density at radius 3 is 2.85 bits per heavy atom. The average molecular weight is 268 g/mol. The minimum atomic E-state index is -0.891. The number of hydrogen-bond donors (Lipinski definition) is 1. The van der Waals surface area contributed by atoms with Crippen LogP contribution in [-0.2, 0) is 6.42 Å². The molecule has 0 amide bonds. The molecule has 3 heteroatoms. The highest BCUT2D eigenvalue weighted by molar-refractivity contribution is 5.96. The Morgan fingerprint density at radius 1 is 1.20 bits per heavy atom. The summed E-state index contributed by atoms with van der Waals surface area (Å²) in [7, 11) is 0. The van der Waals surface area contributed by atoms with E-state index < -0.39 is 5.97 Å². The first-order valence-electron chi connectivity index (χ1n) is 6.75. The fraction of sp³-hybridized carbons (Fsp3) is 0.235. The highest BCUT2D eigenvalue weighted by Gasteiger charge is 2.15. The van der Waals surface area contributed by atoms with Crippen molar-refractivity contribution in [1.29, 1.82) is 0 Å². The molecule has 0 spiro atoms. The van der Waals surface area contributed by atoms with Gasteiger partial charge in [0, 0.05) is 0 Å². The molecule has 2 aromatic carbocycles. The van der Waals surface area contributed by atoms with Gasteiger partial charge in [-0.15, -0.1) is 0 Å². The van der Waals surface area contributed by atoms with Crippen LogP contribution >= 0.6 is 0 Å². The van der Waals surface area contributed by atoms with Crippen LogP contribution in [0.1, 0.15) is 27.9 Å². The number of aromatic carboxylic acids is 1. The van der Waals surface area contributed by atoms with Gasteiger partial charge in [0.15, 0.2) is 0 Å². The van der Waals surface area contributed by atoms with Crippen LogP contribution in [0.2, 0.25) is 0 Å². The number of hydrogen-bond acceptors (Lipinski definition) is 2. The molecule has 0 unspecified atom stereocenters. The van der Waals surface area contributed by atoms with Crippen LogP contribution in [0.3, 0.4) is 0 Å². The normalized spacial score (nSPS) is 13.4. The van der Waals surface area contributed by atoms with Gasteiger partial charge in [-0.05, 0) is 54.7 Å². The molecule has 3 nitrogen and oxygen atoms in total. The number of carboxylic acid groups (broad SMARTS) is 1. The first kappa shape index (κ1) is 12.7. The zero-order chi connectivity index (χ0) is 14.1. The summed E-state index contributed by atoms with van der Waals surface area (Å²) in [5.41, 5.74) is 4.16. The minimum Gasteiger partial charge on any atom is -0.493 e. The number of carboxylic acids is 1. The van der Waals surface area contributed by atoms with Crippen LogP contribution < -0.4 is 4.74 Å². The van der Waals surface area contributed by atoms with Crippen LogP contribution in [0, 0.1) is 6.92 Å². The summed E-state index contributed by atoms with van der Waals surface area (Å²) in [6.45, 7) is 2.66. The molecule has 0 radical (unpaired) electrons. The first-order chi connectivity index (χ1) is 9.65. The Bertz CT molecular complexity index is 674. The van der Waals surface area contributed by atoms with Crippen LogP contribution in [0.25, 0.3) is 11.1 Å². The van der Waals surface area contributed by atoms with Gasteiger partial charge < -0.3 is 9.84 Å². The van der Waals surface area contributed by atoms with E-state index in [0.29, 0.717) is 5.56 Å². The van der Waals surface area contributed by atoms with Gasteiger partial charge >= 0.3 is 5.97 Å². The molecule has 1 aliphatic heterocycles. The predicted molar refractivity (Wildman–Crippen MR) is 77.4 cm³/mol. The van der Waals surface area contributed by atoms with Crippen LogP contribution in [0.15, 0.2) is 36.4 Å². The standard InChI is InChI=1S/C17H16O3/c1-11-4-6-14(15(9-11)17(18)19)12-5-7-16-13(10-12)3-2-8-20-16/h4-7,9-10H,2-3,8H2,1H3,(H,18,19). The molecule has 0 aliphatic carbocycles. The fourth-order valence-electron chi connectivity index (χ4n) is 2.61. The maximum atomic E-state index is 11.4. The van der Waals surface area contributed by atoms with E-state index in [9.17, 15) is 9.90 Å². The van der Waals surface area contributed by atoms with Gasteiger partial charge in [-0.25, -0.2) is 4.79 Å². The van der Waals surface area contributed by atoms with E-state index in [1.165, 1.54) is 0 Å². The van der Waals surface area contributed by atoms with Gasteiger partial charge in [0.1, 0.15) is 5.75 Å². The van der Waals surface area contributed by atoms with Gasteiger partial charge in [0.05, 0.1) is 12.2 Å². The lowest BCUT2D eigenvalue weighted by molar-refractivity contribution is 0.0697. The molecule has 0 saturated carbocycles. The molecular weight excluding hydrogens is 252 g/mol. The molecule has 1 N–H and O–H groups in total. The fourth-order valence-corrected chi connectivity index (χ4v) is 2.61. The number of carbonyl (C=O) groups is 1. The molecule has 2 aromatic rings. The smallest absolute Gasteiger partial charge is 0.336 e. The second-order valence-electron chi connectivity index (χ2n) is 5.13. The lowest BCUT2D eigenvalue weighted by Gasteiger charge is -2.18. The molecule has 1 aliphatic rings. The van der Waals surface area contributed by atoms with Gasteiger partial charge in [-0.3, -0.25) is 0 Å². The monoisotopic (exact) mass is 268 g/mol. The van der Waals surface area contributed by atoms with E-state index in [2.05, 4.69) is 0 Å². The lowest BCUT2D eigenvalue weighted by Crippen LogP contribution is -2.08. The summed E-state index contributed by atoms with van der Waals surface area (Å²) in [6.07, 6.45) is 1.99. The summed E-state index contributed by atoms with van der Waals surface area (Å²) in [6, 6.07) is 11.5. The van der Waals surface area contributed by atoms with Crippen molar-refractivity contribution >= 4 is 5.97 Å². The van der Waals surface area contributed by atoms with Crippen LogP contribution in [0.4, 0.5) is 0 Å². The molecule has 0 aromatic heterocycles. The second-order valence-corrected chi connectivity index (χ2v) is 5.13. The van der Waals surface area contributed by atoms with E-state index in [-0.39, 0.29) is 0 Å². The van der Waals surface area contributed by atoms with E-state index in [0.717, 1.165) is 47.5 Å². The molecule has 3 rings (SSSR count). The quantitative estimate of drug-likeness (QED) is 0.903. The van der Waals surface area contributed by atoms with Crippen molar-refractivity contribution in [3.63, 3.8) is 0 Å². The van der Waals surface area contributed by atoms with Crippen molar-refractivity contribution in [3.05, 3.63) is 53.1 Å². The van der Waals surface area contributed by atoms with Gasteiger partial charge in [0.25, 0.3) is 0 Å². The zero-order valence-electron chi connectivity index (χ0n) is 11.3. The number of fused-ring (bicyclic) bond motifs is 1. The Balaban J connectivity index is 2.11. The maximum Gasteiger partial charge on any atom is 0.336 e. The molecule has 0 atom stereocenters. The highest BCUT2D eigenvalue weighted by Crippen LogP contribution is 2.32. The van der Waals surface area contributed by atoms with Gasteiger partial charge in [0.2, 0.25) is 0 Å². The summed E-state index contributed by atoms with van der Waals surface area (Å²) < 4.78 is 5.59. The summed E-state index contributed by atoms with van der Waals surface area (Å²) in [4.78, 5) is 11.4. The summed E-state index contributed by atoms with van der Waals surface area (Å²) in [5.74, 6) is 0.0293. The van der Waals surface area contributed by atoms with E-state index in [1.54, 1.807) is 6.07 Å². The minimum absolute atomic E-state index is 0.349. The van der Waals surface area contributed by atoms with Gasteiger partial charge in [-0.1, -0.05) is 23.8 Å². The van der Waals surface area contributed by atoms with E-state index in [1.807, 2.05) is 37.3 Å². The molecule has 0 bridgehead atoms. The van der Waals surface area contributed by atoms with Crippen molar-refractivity contribution in [2.24, 2.45) is 0 Å². The number of ether oxygens (including phenoxy) is 1. The van der Waals surface area contributed by atoms with E-state index >= 15 is 0 Å². The van der Waals surface area contributed by atoms with Gasteiger partial charge in [-0.2, -0.15) is 0 Å². The number of benzene rings is 2. The summed E-state index contributed by atoms with van der Waals surface area (Å²) >= 11 is 0. The third kappa shape index (κ3) is 2.27. The van der Waals surface area contributed by atoms with Crippen LogP contribution in [-0.4, -0.2) is 17.7 Å².